The Morgan fingerprint density at radius 2 is 2.29 bits per heavy atom. The maximum absolute atomic E-state index is 5.40. The summed E-state index contributed by atoms with van der Waals surface area (Å²) in [6, 6.07) is 2.20. The maximum Gasteiger partial charge on any atom is 0.268 e. The van der Waals surface area contributed by atoms with Crippen LogP contribution >= 0.6 is 11.3 Å². The molecule has 0 bridgehead atoms. The van der Waals surface area contributed by atoms with Crippen LogP contribution in [0.25, 0.3) is 22.3 Å². The molecule has 0 saturated carbocycles. The molecule has 108 valence electrons. The van der Waals surface area contributed by atoms with Crippen LogP contribution in [-0.2, 0) is 12.8 Å². The molecule has 0 spiro atoms. The largest absolute Gasteiger partial charge is 0.448 e. The maximum atomic E-state index is 5.40. The number of hydrogen-bond donors (Lipinski definition) is 0. The number of thiophene rings is 1. The van der Waals surface area contributed by atoms with E-state index in [4.69, 9.17) is 8.94 Å². The molecule has 5 nitrogen and oxygen atoms in total. The van der Waals surface area contributed by atoms with Gasteiger partial charge in [0.2, 0.25) is 5.82 Å². The monoisotopic (exact) mass is 301 g/mol. The summed E-state index contributed by atoms with van der Waals surface area (Å²) in [6.45, 7) is 4.14. The lowest BCUT2D eigenvalue weighted by Crippen LogP contribution is -2.07. The van der Waals surface area contributed by atoms with Crippen molar-refractivity contribution in [3.8, 4) is 22.3 Å². The van der Waals surface area contributed by atoms with Crippen LogP contribution in [-0.4, -0.2) is 15.1 Å². The Morgan fingerprint density at radius 1 is 1.38 bits per heavy atom. The van der Waals surface area contributed by atoms with Crippen molar-refractivity contribution >= 4 is 11.3 Å². The van der Waals surface area contributed by atoms with E-state index in [1.54, 1.807) is 11.3 Å². The molecule has 4 rings (SSSR count). The first-order chi connectivity index (χ1) is 10.2. The molecule has 6 heteroatoms. The van der Waals surface area contributed by atoms with Crippen LogP contribution < -0.4 is 0 Å². The van der Waals surface area contributed by atoms with Crippen molar-refractivity contribution < 1.29 is 8.94 Å². The molecule has 3 aromatic heterocycles. The minimum atomic E-state index is 0.482. The third kappa shape index (κ3) is 2.19. The first-order valence-electron chi connectivity index (χ1n) is 7.07. The van der Waals surface area contributed by atoms with Crippen LogP contribution in [0.1, 0.15) is 29.5 Å². The van der Waals surface area contributed by atoms with Gasteiger partial charge in [0.15, 0.2) is 12.1 Å². The van der Waals surface area contributed by atoms with Gasteiger partial charge in [-0.3, -0.25) is 0 Å². The van der Waals surface area contributed by atoms with E-state index in [9.17, 15) is 0 Å². The fourth-order valence-corrected chi connectivity index (χ4v) is 3.88. The predicted molar refractivity (Wildman–Crippen MR) is 79.0 cm³/mol. The highest BCUT2D eigenvalue weighted by Gasteiger charge is 2.22. The Bertz CT molecular complexity index is 787. The van der Waals surface area contributed by atoms with Gasteiger partial charge in [-0.2, -0.15) is 4.98 Å². The highest BCUT2D eigenvalue weighted by atomic mass is 32.1. The van der Waals surface area contributed by atoms with E-state index in [2.05, 4.69) is 28.1 Å². The molecule has 1 aliphatic carbocycles. The molecule has 0 aliphatic heterocycles. The lowest BCUT2D eigenvalue weighted by atomic mass is 9.90. The van der Waals surface area contributed by atoms with Gasteiger partial charge in [-0.15, -0.1) is 11.3 Å². The van der Waals surface area contributed by atoms with E-state index >= 15 is 0 Å². The highest BCUT2D eigenvalue weighted by Crippen LogP contribution is 2.37. The lowest BCUT2D eigenvalue weighted by molar-refractivity contribution is 0.433. The quantitative estimate of drug-likeness (QED) is 0.718. The van der Waals surface area contributed by atoms with Crippen LogP contribution in [0.5, 0.6) is 0 Å². The van der Waals surface area contributed by atoms with Crippen molar-refractivity contribution in [1.29, 1.82) is 0 Å². The fourth-order valence-electron chi connectivity index (χ4n) is 2.75. The summed E-state index contributed by atoms with van der Waals surface area (Å²) in [5.41, 5.74) is 2.08. The Labute approximate surface area is 126 Å². The molecule has 0 radical (unpaired) electrons. The first-order valence-corrected chi connectivity index (χ1v) is 7.88. The summed E-state index contributed by atoms with van der Waals surface area (Å²) < 4.78 is 10.6. The van der Waals surface area contributed by atoms with Crippen molar-refractivity contribution in [2.24, 2.45) is 5.92 Å². The van der Waals surface area contributed by atoms with Crippen LogP contribution in [0.2, 0.25) is 0 Å². The summed E-state index contributed by atoms with van der Waals surface area (Å²) in [5.74, 6) is 2.51. The zero-order valence-corrected chi connectivity index (χ0v) is 12.7. The highest BCUT2D eigenvalue weighted by molar-refractivity contribution is 7.15. The van der Waals surface area contributed by atoms with Crippen LogP contribution in [0.3, 0.4) is 0 Å². The normalized spacial score (nSPS) is 17.9. The number of fused-ring (bicyclic) bond motifs is 1. The van der Waals surface area contributed by atoms with Gasteiger partial charge >= 0.3 is 0 Å². The van der Waals surface area contributed by atoms with E-state index in [1.165, 1.54) is 23.3 Å². The van der Waals surface area contributed by atoms with Gasteiger partial charge in [-0.1, -0.05) is 12.1 Å². The molecule has 21 heavy (non-hydrogen) atoms. The average molecular weight is 301 g/mol. The van der Waals surface area contributed by atoms with E-state index in [0.29, 0.717) is 23.2 Å². The van der Waals surface area contributed by atoms with Gasteiger partial charge in [0.05, 0.1) is 4.88 Å². The smallest absolute Gasteiger partial charge is 0.268 e. The Balaban J connectivity index is 1.69. The van der Waals surface area contributed by atoms with Gasteiger partial charge in [-0.05, 0) is 43.7 Å². The fraction of sp³-hybridized carbons (Fsp3) is 0.400. The molecule has 0 saturated heterocycles. The van der Waals surface area contributed by atoms with Gasteiger partial charge in [-0.25, -0.2) is 4.98 Å². The van der Waals surface area contributed by atoms with E-state index in [1.807, 2.05) is 6.92 Å². The third-order valence-corrected chi connectivity index (χ3v) is 5.15. The predicted octanol–water partition coefficient (Wildman–Crippen LogP) is 3.89. The van der Waals surface area contributed by atoms with Crippen LogP contribution in [0.4, 0.5) is 0 Å². The molecule has 0 amide bonds. The van der Waals surface area contributed by atoms with Crippen molar-refractivity contribution in [2.75, 3.05) is 0 Å². The second-order valence-corrected chi connectivity index (χ2v) is 6.72. The zero-order chi connectivity index (χ0) is 14.4. The first kappa shape index (κ1) is 12.8. The molecule has 1 unspecified atom stereocenters. The van der Waals surface area contributed by atoms with Crippen molar-refractivity contribution in [3.05, 3.63) is 28.7 Å². The molecule has 0 N–H and O–H groups in total. The summed E-state index contributed by atoms with van der Waals surface area (Å²) in [4.78, 5) is 11.1. The molecule has 3 heterocycles. The Kier molecular flexibility index (Phi) is 2.92. The van der Waals surface area contributed by atoms with E-state index < -0.39 is 0 Å². The van der Waals surface area contributed by atoms with Gasteiger partial charge in [0, 0.05) is 4.88 Å². The molecule has 1 aliphatic rings. The average Bonchev–Trinajstić information content (AvgIpc) is 3.15. The molecule has 1 atom stereocenters. The van der Waals surface area contributed by atoms with Crippen molar-refractivity contribution in [2.45, 2.75) is 33.1 Å². The minimum Gasteiger partial charge on any atom is -0.448 e. The summed E-state index contributed by atoms with van der Waals surface area (Å²) >= 11 is 1.77. The minimum absolute atomic E-state index is 0.482. The zero-order valence-electron chi connectivity index (χ0n) is 11.9. The molecule has 3 aromatic rings. The molecular formula is C15H15N3O2S. The SMILES string of the molecule is Cc1ocnc1-c1noc(-c2cc3c(s2)CCC(C)C3)n1. The van der Waals surface area contributed by atoms with Gasteiger partial charge in [0.1, 0.15) is 5.76 Å². The second-order valence-electron chi connectivity index (χ2n) is 5.59. The second kappa shape index (κ2) is 4.80. The van der Waals surface area contributed by atoms with Crippen LogP contribution in [0, 0.1) is 12.8 Å². The molecule has 0 fully saturated rings. The van der Waals surface area contributed by atoms with Gasteiger partial charge in [0.25, 0.3) is 5.89 Å². The Morgan fingerprint density at radius 3 is 3.10 bits per heavy atom. The lowest BCUT2D eigenvalue weighted by Gasteiger charge is -2.16. The van der Waals surface area contributed by atoms with E-state index in [0.717, 1.165) is 23.6 Å². The Hall–Kier alpha value is -1.95. The number of hydrogen-bond acceptors (Lipinski definition) is 6. The standard InChI is InChI=1S/C15H15N3O2S/c1-8-3-4-11-10(5-8)6-12(21-11)15-17-14(18-20-15)13-9(2)19-7-16-13/h6-8H,3-5H2,1-2H3. The topological polar surface area (TPSA) is 65.0 Å². The summed E-state index contributed by atoms with van der Waals surface area (Å²) in [6.07, 6.45) is 4.96. The molecule has 0 aromatic carbocycles. The summed E-state index contributed by atoms with van der Waals surface area (Å²) in [7, 11) is 0. The molecular weight excluding hydrogens is 286 g/mol. The van der Waals surface area contributed by atoms with Crippen LogP contribution in [0.15, 0.2) is 21.4 Å². The van der Waals surface area contributed by atoms with Gasteiger partial charge < -0.3 is 8.94 Å². The number of aromatic nitrogens is 3. The number of aryl methyl sites for hydroxylation is 2. The van der Waals surface area contributed by atoms with Crippen molar-refractivity contribution in [1.82, 2.24) is 15.1 Å². The number of rotatable bonds is 2. The van der Waals surface area contributed by atoms with Crippen molar-refractivity contribution in [3.63, 3.8) is 0 Å². The summed E-state index contributed by atoms with van der Waals surface area (Å²) in [5, 5.41) is 4.02. The third-order valence-electron chi connectivity index (χ3n) is 3.92. The number of oxazole rings is 1. The number of nitrogens with zero attached hydrogens (tertiary/aromatic N) is 3. The van der Waals surface area contributed by atoms with E-state index in [-0.39, 0.29) is 0 Å².